The number of aryl methyl sites for hydroxylation is 2. The first-order valence-corrected chi connectivity index (χ1v) is 10.8. The van der Waals surface area contributed by atoms with Crippen molar-refractivity contribution in [3.8, 4) is 5.75 Å². The number of amides is 1. The quantitative estimate of drug-likeness (QED) is 0.566. The zero-order chi connectivity index (χ0) is 21.8. The lowest BCUT2D eigenvalue weighted by molar-refractivity contribution is 0.0616. The zero-order valence-corrected chi connectivity index (χ0v) is 18.6. The van der Waals surface area contributed by atoms with E-state index in [0.717, 1.165) is 36.0 Å². The summed E-state index contributed by atoms with van der Waals surface area (Å²) in [7, 11) is 0. The Hall–Kier alpha value is -2.83. The first-order valence-electron chi connectivity index (χ1n) is 10.4. The maximum absolute atomic E-state index is 13.1. The average molecular weight is 440 g/mol. The fourth-order valence-corrected chi connectivity index (χ4v) is 3.96. The molecule has 1 saturated heterocycles. The predicted octanol–water partition coefficient (Wildman–Crippen LogP) is 4.48. The van der Waals surface area contributed by atoms with E-state index >= 15 is 0 Å². The van der Waals surface area contributed by atoms with Gasteiger partial charge in [-0.05, 0) is 49.2 Å². The average Bonchev–Trinajstić information content (AvgIpc) is 3.13. The molecule has 1 fully saturated rings. The van der Waals surface area contributed by atoms with Gasteiger partial charge in [-0.25, -0.2) is 0 Å². The highest BCUT2D eigenvalue weighted by molar-refractivity contribution is 6.30. The Bertz CT molecular complexity index is 1060. The van der Waals surface area contributed by atoms with Crippen molar-refractivity contribution < 1.29 is 14.1 Å². The lowest BCUT2D eigenvalue weighted by Gasteiger charge is -2.34. The number of rotatable bonds is 6. The van der Waals surface area contributed by atoms with Gasteiger partial charge in [-0.1, -0.05) is 41.0 Å². The molecule has 1 amide bonds. The molecule has 7 heteroatoms. The molecule has 0 aliphatic carbocycles. The Balaban J connectivity index is 1.37. The number of halogens is 1. The van der Waals surface area contributed by atoms with Gasteiger partial charge in [0.25, 0.3) is 5.91 Å². The summed E-state index contributed by atoms with van der Waals surface area (Å²) in [5.74, 6) is 1.26. The van der Waals surface area contributed by atoms with Crippen LogP contribution in [-0.2, 0) is 13.2 Å². The summed E-state index contributed by atoms with van der Waals surface area (Å²) < 4.78 is 11.2. The molecule has 162 valence electrons. The Kier molecular flexibility index (Phi) is 6.59. The molecule has 0 radical (unpaired) electrons. The SMILES string of the molecule is Cc1cccc(OCc2c(C(=O)N3CCN(Cc4cccc(Cl)c4)CC3)noc2C)c1. The molecule has 31 heavy (non-hydrogen) atoms. The minimum atomic E-state index is -0.109. The van der Waals surface area contributed by atoms with E-state index in [1.807, 2.05) is 61.2 Å². The largest absolute Gasteiger partial charge is 0.489 e. The fourth-order valence-electron chi connectivity index (χ4n) is 3.74. The molecule has 2 heterocycles. The Morgan fingerprint density at radius 3 is 2.61 bits per heavy atom. The summed E-state index contributed by atoms with van der Waals surface area (Å²) in [6.07, 6.45) is 0. The van der Waals surface area contributed by atoms with Gasteiger partial charge in [-0.3, -0.25) is 9.69 Å². The summed E-state index contributed by atoms with van der Waals surface area (Å²) >= 11 is 6.09. The normalized spacial score (nSPS) is 14.6. The number of benzene rings is 2. The van der Waals surface area contributed by atoms with Crippen LogP contribution in [0, 0.1) is 13.8 Å². The van der Waals surface area contributed by atoms with Gasteiger partial charge in [0, 0.05) is 37.7 Å². The molecule has 0 bridgehead atoms. The van der Waals surface area contributed by atoms with Crippen molar-refractivity contribution in [3.63, 3.8) is 0 Å². The highest BCUT2D eigenvalue weighted by atomic mass is 35.5. The third-order valence-corrected chi connectivity index (χ3v) is 5.75. The first-order chi connectivity index (χ1) is 15.0. The zero-order valence-electron chi connectivity index (χ0n) is 17.8. The molecule has 1 aromatic heterocycles. The van der Waals surface area contributed by atoms with Crippen molar-refractivity contribution in [1.29, 1.82) is 0 Å². The summed E-state index contributed by atoms with van der Waals surface area (Å²) in [6.45, 7) is 7.76. The number of ether oxygens (including phenoxy) is 1. The number of hydrogen-bond acceptors (Lipinski definition) is 5. The lowest BCUT2D eigenvalue weighted by atomic mass is 10.1. The van der Waals surface area contributed by atoms with Crippen molar-refractivity contribution in [2.24, 2.45) is 0 Å². The van der Waals surface area contributed by atoms with E-state index in [1.54, 1.807) is 0 Å². The number of carbonyl (C=O) groups is 1. The predicted molar refractivity (Wildman–Crippen MR) is 119 cm³/mol. The minimum Gasteiger partial charge on any atom is -0.489 e. The van der Waals surface area contributed by atoms with Crippen molar-refractivity contribution in [1.82, 2.24) is 15.0 Å². The van der Waals surface area contributed by atoms with Crippen LogP contribution in [0.2, 0.25) is 5.02 Å². The Morgan fingerprint density at radius 1 is 1.10 bits per heavy atom. The van der Waals surface area contributed by atoms with E-state index in [9.17, 15) is 4.79 Å². The standard InChI is InChI=1S/C24H26ClN3O3/c1-17-5-3-8-21(13-17)30-16-22-18(2)31-26-23(22)24(29)28-11-9-27(10-12-28)15-19-6-4-7-20(25)14-19/h3-8,13-14H,9-12,15-16H2,1-2H3. The molecule has 0 saturated carbocycles. The third-order valence-electron chi connectivity index (χ3n) is 5.51. The molecule has 0 spiro atoms. The molecule has 3 aromatic rings. The maximum Gasteiger partial charge on any atom is 0.276 e. The van der Waals surface area contributed by atoms with Crippen molar-refractivity contribution in [2.45, 2.75) is 27.0 Å². The van der Waals surface area contributed by atoms with Crippen LogP contribution < -0.4 is 4.74 Å². The summed E-state index contributed by atoms with van der Waals surface area (Å²) in [4.78, 5) is 17.3. The molecule has 0 unspecified atom stereocenters. The smallest absolute Gasteiger partial charge is 0.276 e. The van der Waals surface area contributed by atoms with Gasteiger partial charge in [-0.15, -0.1) is 0 Å². The van der Waals surface area contributed by atoms with Gasteiger partial charge < -0.3 is 14.2 Å². The monoisotopic (exact) mass is 439 g/mol. The van der Waals surface area contributed by atoms with Crippen LogP contribution in [0.4, 0.5) is 0 Å². The molecular formula is C24H26ClN3O3. The van der Waals surface area contributed by atoms with Gasteiger partial charge in [0.15, 0.2) is 5.69 Å². The van der Waals surface area contributed by atoms with E-state index in [1.165, 1.54) is 5.56 Å². The first kappa shape index (κ1) is 21.4. The van der Waals surface area contributed by atoms with Crippen LogP contribution >= 0.6 is 11.6 Å². The molecule has 6 nitrogen and oxygen atoms in total. The van der Waals surface area contributed by atoms with E-state index < -0.39 is 0 Å². The second kappa shape index (κ2) is 9.54. The molecule has 4 rings (SSSR count). The molecular weight excluding hydrogens is 414 g/mol. The van der Waals surface area contributed by atoms with E-state index in [4.69, 9.17) is 20.9 Å². The van der Waals surface area contributed by atoms with Gasteiger partial charge in [0.2, 0.25) is 0 Å². The minimum absolute atomic E-state index is 0.109. The van der Waals surface area contributed by atoms with Crippen molar-refractivity contribution in [3.05, 3.63) is 81.7 Å². The molecule has 0 atom stereocenters. The molecule has 1 aliphatic rings. The second-order valence-corrected chi connectivity index (χ2v) is 8.31. The van der Waals surface area contributed by atoms with Crippen LogP contribution in [0.1, 0.15) is 32.9 Å². The van der Waals surface area contributed by atoms with Gasteiger partial charge in [0.1, 0.15) is 18.1 Å². The van der Waals surface area contributed by atoms with Gasteiger partial charge >= 0.3 is 0 Å². The fraction of sp³-hybridized carbons (Fsp3) is 0.333. The number of piperazine rings is 1. The van der Waals surface area contributed by atoms with Crippen molar-refractivity contribution >= 4 is 17.5 Å². The van der Waals surface area contributed by atoms with Crippen LogP contribution in [-0.4, -0.2) is 47.0 Å². The summed E-state index contributed by atoms with van der Waals surface area (Å²) in [5.41, 5.74) is 3.34. The third kappa shape index (κ3) is 5.27. The topological polar surface area (TPSA) is 58.8 Å². The van der Waals surface area contributed by atoms with Crippen LogP contribution in [0.25, 0.3) is 0 Å². The summed E-state index contributed by atoms with van der Waals surface area (Å²) in [6, 6.07) is 15.7. The lowest BCUT2D eigenvalue weighted by Crippen LogP contribution is -2.48. The van der Waals surface area contributed by atoms with E-state index in [2.05, 4.69) is 16.1 Å². The highest BCUT2D eigenvalue weighted by Gasteiger charge is 2.28. The van der Waals surface area contributed by atoms with Crippen molar-refractivity contribution in [2.75, 3.05) is 26.2 Å². The summed E-state index contributed by atoms with van der Waals surface area (Å²) in [5, 5.41) is 4.79. The number of hydrogen-bond donors (Lipinski definition) is 0. The highest BCUT2D eigenvalue weighted by Crippen LogP contribution is 2.21. The van der Waals surface area contributed by atoms with E-state index in [0.29, 0.717) is 30.1 Å². The van der Waals surface area contributed by atoms with Gasteiger partial charge in [0.05, 0.1) is 5.56 Å². The van der Waals surface area contributed by atoms with Crippen LogP contribution in [0.15, 0.2) is 53.1 Å². The number of aromatic nitrogens is 1. The molecule has 1 aliphatic heterocycles. The molecule has 2 aromatic carbocycles. The maximum atomic E-state index is 13.1. The number of carbonyl (C=O) groups excluding carboxylic acids is 1. The second-order valence-electron chi connectivity index (χ2n) is 7.87. The molecule has 0 N–H and O–H groups in total. The van der Waals surface area contributed by atoms with Gasteiger partial charge in [-0.2, -0.15) is 0 Å². The van der Waals surface area contributed by atoms with Crippen LogP contribution in [0.3, 0.4) is 0 Å². The van der Waals surface area contributed by atoms with Crippen LogP contribution in [0.5, 0.6) is 5.75 Å². The van der Waals surface area contributed by atoms with E-state index in [-0.39, 0.29) is 12.5 Å². The number of nitrogens with zero attached hydrogens (tertiary/aromatic N) is 3. The Labute approximate surface area is 187 Å². The Morgan fingerprint density at radius 2 is 1.87 bits per heavy atom.